The molecule has 1 atom stereocenters. The minimum Gasteiger partial charge on any atom is -0.394 e. The second kappa shape index (κ2) is 6.41. The highest BCUT2D eigenvalue weighted by atomic mass is 16.3. The van der Waals surface area contributed by atoms with E-state index in [0.717, 1.165) is 41.7 Å². The van der Waals surface area contributed by atoms with E-state index in [0.29, 0.717) is 6.54 Å². The summed E-state index contributed by atoms with van der Waals surface area (Å²) < 4.78 is 0. The van der Waals surface area contributed by atoms with Gasteiger partial charge in [0.15, 0.2) is 0 Å². The topological polar surface area (TPSA) is 62.4 Å². The number of hydrogen-bond acceptors (Lipinski definition) is 4. The minimum absolute atomic E-state index is 0.173. The van der Waals surface area contributed by atoms with Gasteiger partial charge < -0.3 is 15.7 Å². The number of rotatable bonds is 3. The molecule has 1 saturated heterocycles. The molecule has 1 aliphatic rings. The summed E-state index contributed by atoms with van der Waals surface area (Å²) in [5.41, 5.74) is 8.02. The molecular formula is C17H23N3O. The summed E-state index contributed by atoms with van der Waals surface area (Å²) in [5.74, 6) is 0.954. The molecule has 0 aliphatic carbocycles. The number of para-hydroxylation sites is 1. The zero-order valence-corrected chi connectivity index (χ0v) is 12.3. The highest BCUT2D eigenvalue weighted by molar-refractivity contribution is 5.84. The Morgan fingerprint density at radius 3 is 2.90 bits per heavy atom. The van der Waals surface area contributed by atoms with Crippen molar-refractivity contribution in [2.45, 2.75) is 38.3 Å². The van der Waals surface area contributed by atoms with Crippen molar-refractivity contribution in [2.75, 3.05) is 18.1 Å². The molecule has 0 radical (unpaired) electrons. The zero-order valence-electron chi connectivity index (χ0n) is 12.3. The number of fused-ring (bicyclic) bond motifs is 1. The Morgan fingerprint density at radius 2 is 2.10 bits per heavy atom. The van der Waals surface area contributed by atoms with Gasteiger partial charge in [0.05, 0.1) is 18.2 Å². The molecule has 0 spiro atoms. The molecule has 3 rings (SSSR count). The van der Waals surface area contributed by atoms with Gasteiger partial charge in [-0.3, -0.25) is 0 Å². The third-order valence-electron chi connectivity index (χ3n) is 4.39. The second-order valence-corrected chi connectivity index (χ2v) is 5.74. The van der Waals surface area contributed by atoms with Crippen LogP contribution in [0.4, 0.5) is 5.82 Å². The van der Waals surface area contributed by atoms with Crippen LogP contribution in [0.1, 0.15) is 31.2 Å². The van der Waals surface area contributed by atoms with E-state index < -0.39 is 0 Å². The first-order chi connectivity index (χ1) is 10.3. The molecule has 2 heterocycles. The summed E-state index contributed by atoms with van der Waals surface area (Å²) in [6, 6.07) is 10.4. The number of aliphatic hydroxyl groups is 1. The van der Waals surface area contributed by atoms with Gasteiger partial charge in [-0.05, 0) is 30.5 Å². The van der Waals surface area contributed by atoms with E-state index in [1.807, 2.05) is 18.2 Å². The Balaban J connectivity index is 2.05. The number of benzene rings is 1. The lowest BCUT2D eigenvalue weighted by atomic mass is 10.1. The van der Waals surface area contributed by atoms with Crippen molar-refractivity contribution < 1.29 is 5.11 Å². The van der Waals surface area contributed by atoms with E-state index >= 15 is 0 Å². The van der Waals surface area contributed by atoms with Gasteiger partial charge in [0.25, 0.3) is 0 Å². The maximum Gasteiger partial charge on any atom is 0.129 e. The molecular weight excluding hydrogens is 262 g/mol. The molecule has 1 aromatic heterocycles. The summed E-state index contributed by atoms with van der Waals surface area (Å²) in [5, 5.41) is 10.8. The molecule has 1 unspecified atom stereocenters. The van der Waals surface area contributed by atoms with Crippen LogP contribution in [-0.4, -0.2) is 29.3 Å². The van der Waals surface area contributed by atoms with Crippen molar-refractivity contribution in [1.82, 2.24) is 4.98 Å². The minimum atomic E-state index is 0.173. The molecule has 1 aromatic carbocycles. The number of aromatic nitrogens is 1. The summed E-state index contributed by atoms with van der Waals surface area (Å²) >= 11 is 0. The number of pyridine rings is 1. The summed E-state index contributed by atoms with van der Waals surface area (Å²) in [6.45, 7) is 1.65. The molecule has 1 fully saturated rings. The number of aliphatic hydroxyl groups excluding tert-OH is 1. The van der Waals surface area contributed by atoms with Crippen molar-refractivity contribution in [2.24, 2.45) is 5.73 Å². The molecule has 21 heavy (non-hydrogen) atoms. The lowest BCUT2D eigenvalue weighted by Crippen LogP contribution is -2.38. The molecule has 0 bridgehead atoms. The monoisotopic (exact) mass is 285 g/mol. The largest absolute Gasteiger partial charge is 0.394 e. The van der Waals surface area contributed by atoms with Crippen LogP contribution in [0.5, 0.6) is 0 Å². The van der Waals surface area contributed by atoms with E-state index in [1.54, 1.807) is 0 Å². The number of hydrogen-bond donors (Lipinski definition) is 2. The Bertz CT molecular complexity index is 614. The molecule has 4 heteroatoms. The van der Waals surface area contributed by atoms with Gasteiger partial charge in [0, 0.05) is 18.5 Å². The molecule has 0 saturated carbocycles. The van der Waals surface area contributed by atoms with Crippen LogP contribution in [0.3, 0.4) is 0 Å². The van der Waals surface area contributed by atoms with Gasteiger partial charge >= 0.3 is 0 Å². The summed E-state index contributed by atoms with van der Waals surface area (Å²) in [4.78, 5) is 7.07. The highest BCUT2D eigenvalue weighted by Gasteiger charge is 2.22. The average molecular weight is 285 g/mol. The fourth-order valence-corrected chi connectivity index (χ4v) is 3.22. The molecule has 0 amide bonds. The third kappa shape index (κ3) is 2.87. The van der Waals surface area contributed by atoms with Crippen LogP contribution in [0.25, 0.3) is 10.9 Å². The standard InChI is InChI=1S/C17H23N3O/c18-11-13-10-17(19-16-8-4-3-7-15(13)16)20-9-5-1-2-6-14(20)12-21/h3-4,7-8,10,14,21H,1-2,5-6,9,11-12,18H2. The van der Waals surface area contributed by atoms with E-state index in [2.05, 4.69) is 17.0 Å². The van der Waals surface area contributed by atoms with Crippen LogP contribution in [0.15, 0.2) is 30.3 Å². The maximum absolute atomic E-state index is 9.69. The summed E-state index contributed by atoms with van der Waals surface area (Å²) in [7, 11) is 0. The van der Waals surface area contributed by atoms with Gasteiger partial charge in [-0.25, -0.2) is 4.98 Å². The molecule has 1 aliphatic heterocycles. The molecule has 3 N–H and O–H groups in total. The van der Waals surface area contributed by atoms with Gasteiger partial charge in [-0.15, -0.1) is 0 Å². The molecule has 4 nitrogen and oxygen atoms in total. The quantitative estimate of drug-likeness (QED) is 0.909. The Labute approximate surface area is 125 Å². The zero-order chi connectivity index (χ0) is 14.7. The van der Waals surface area contributed by atoms with Crippen LogP contribution < -0.4 is 10.6 Å². The normalized spacial score (nSPS) is 19.7. The van der Waals surface area contributed by atoms with Crippen LogP contribution >= 0.6 is 0 Å². The van der Waals surface area contributed by atoms with Crippen LogP contribution in [-0.2, 0) is 6.54 Å². The SMILES string of the molecule is NCc1cc(N2CCCCCC2CO)nc2ccccc12. The van der Waals surface area contributed by atoms with E-state index in [-0.39, 0.29) is 12.6 Å². The Morgan fingerprint density at radius 1 is 1.24 bits per heavy atom. The van der Waals surface area contributed by atoms with Crippen LogP contribution in [0, 0.1) is 0 Å². The first kappa shape index (κ1) is 14.3. The van der Waals surface area contributed by atoms with Gasteiger partial charge in [-0.1, -0.05) is 31.0 Å². The highest BCUT2D eigenvalue weighted by Crippen LogP contribution is 2.27. The second-order valence-electron chi connectivity index (χ2n) is 5.74. The average Bonchev–Trinajstić information content (AvgIpc) is 2.79. The number of anilines is 1. The van der Waals surface area contributed by atoms with Gasteiger partial charge in [0.2, 0.25) is 0 Å². The van der Waals surface area contributed by atoms with Crippen LogP contribution in [0.2, 0.25) is 0 Å². The number of nitrogens with two attached hydrogens (primary N) is 1. The van der Waals surface area contributed by atoms with Crippen molar-refractivity contribution >= 4 is 16.7 Å². The van der Waals surface area contributed by atoms with Gasteiger partial charge in [0.1, 0.15) is 5.82 Å². The van der Waals surface area contributed by atoms with Crippen molar-refractivity contribution in [3.05, 3.63) is 35.9 Å². The summed E-state index contributed by atoms with van der Waals surface area (Å²) in [6.07, 6.45) is 4.59. The van der Waals surface area contributed by atoms with E-state index in [4.69, 9.17) is 10.7 Å². The lowest BCUT2D eigenvalue weighted by molar-refractivity contribution is 0.254. The smallest absolute Gasteiger partial charge is 0.129 e. The Hall–Kier alpha value is -1.65. The van der Waals surface area contributed by atoms with E-state index in [9.17, 15) is 5.11 Å². The van der Waals surface area contributed by atoms with Crippen molar-refractivity contribution in [1.29, 1.82) is 0 Å². The molecule has 112 valence electrons. The Kier molecular flexibility index (Phi) is 4.36. The van der Waals surface area contributed by atoms with Gasteiger partial charge in [-0.2, -0.15) is 0 Å². The van der Waals surface area contributed by atoms with Crippen molar-refractivity contribution in [3.8, 4) is 0 Å². The predicted octanol–water partition coefficient (Wildman–Crippen LogP) is 2.43. The first-order valence-electron chi connectivity index (χ1n) is 7.79. The molecule has 2 aromatic rings. The maximum atomic E-state index is 9.69. The third-order valence-corrected chi connectivity index (χ3v) is 4.39. The van der Waals surface area contributed by atoms with Crippen molar-refractivity contribution in [3.63, 3.8) is 0 Å². The fraction of sp³-hybridized carbons (Fsp3) is 0.471. The lowest BCUT2D eigenvalue weighted by Gasteiger charge is -2.30. The fourth-order valence-electron chi connectivity index (χ4n) is 3.22. The number of nitrogens with zero attached hydrogens (tertiary/aromatic N) is 2. The predicted molar refractivity (Wildman–Crippen MR) is 86.3 cm³/mol. The first-order valence-corrected chi connectivity index (χ1v) is 7.79. The van der Waals surface area contributed by atoms with E-state index in [1.165, 1.54) is 12.8 Å².